The third-order valence-electron chi connectivity index (χ3n) is 4.36. The largest absolute Gasteiger partial charge is 0.481 e. The highest BCUT2D eigenvalue weighted by Crippen LogP contribution is 2.21. The lowest BCUT2D eigenvalue weighted by atomic mass is 10.0. The number of anilines is 2. The van der Waals surface area contributed by atoms with Crippen LogP contribution in [0, 0.1) is 0 Å². The Morgan fingerprint density at radius 3 is 2.57 bits per heavy atom. The van der Waals surface area contributed by atoms with E-state index < -0.39 is 0 Å². The van der Waals surface area contributed by atoms with Gasteiger partial charge in [0.15, 0.2) is 0 Å². The fourth-order valence-electron chi connectivity index (χ4n) is 2.72. The highest BCUT2D eigenvalue weighted by molar-refractivity contribution is 6.05. The fourth-order valence-corrected chi connectivity index (χ4v) is 2.72. The maximum atomic E-state index is 12.6. The second-order valence-corrected chi connectivity index (χ2v) is 6.69. The minimum absolute atomic E-state index is 0.170. The maximum absolute atomic E-state index is 12.6. The lowest BCUT2D eigenvalue weighted by molar-refractivity contribution is 0.102. The molecule has 1 amide bonds. The molecule has 6 nitrogen and oxygen atoms in total. The van der Waals surface area contributed by atoms with Gasteiger partial charge < -0.3 is 15.4 Å². The van der Waals surface area contributed by atoms with Crippen molar-refractivity contribution >= 4 is 17.4 Å². The zero-order valence-electron chi connectivity index (χ0n) is 16.3. The number of nitrogens with zero attached hydrogens (tertiary/aromatic N) is 2. The third-order valence-corrected chi connectivity index (χ3v) is 4.36. The first-order chi connectivity index (χ1) is 13.6. The van der Waals surface area contributed by atoms with Gasteiger partial charge >= 0.3 is 0 Å². The summed E-state index contributed by atoms with van der Waals surface area (Å²) in [5.74, 6) is 1.42. The number of benzene rings is 1. The normalized spacial score (nSPS) is 10.6. The minimum atomic E-state index is -0.170. The Morgan fingerprint density at radius 1 is 1.07 bits per heavy atom. The van der Waals surface area contributed by atoms with Crippen molar-refractivity contribution in [2.75, 3.05) is 17.7 Å². The van der Waals surface area contributed by atoms with Gasteiger partial charge in [-0.2, -0.15) is 0 Å². The summed E-state index contributed by atoms with van der Waals surface area (Å²) >= 11 is 0. The first-order valence-corrected chi connectivity index (χ1v) is 9.16. The summed E-state index contributed by atoms with van der Waals surface area (Å²) < 4.78 is 5.14. The van der Waals surface area contributed by atoms with E-state index in [0.717, 1.165) is 5.56 Å². The molecule has 0 saturated heterocycles. The second-order valence-electron chi connectivity index (χ2n) is 6.69. The molecule has 0 bridgehead atoms. The first kappa shape index (κ1) is 19.4. The summed E-state index contributed by atoms with van der Waals surface area (Å²) in [6.07, 6.45) is 3.38. The molecule has 1 aromatic carbocycles. The molecule has 0 unspecified atom stereocenters. The van der Waals surface area contributed by atoms with Crippen molar-refractivity contribution in [3.8, 4) is 5.88 Å². The summed E-state index contributed by atoms with van der Waals surface area (Å²) in [6.45, 7) is 4.78. The molecule has 0 spiro atoms. The van der Waals surface area contributed by atoms with Crippen molar-refractivity contribution in [3.05, 3.63) is 77.6 Å². The lowest BCUT2D eigenvalue weighted by Crippen LogP contribution is -2.14. The van der Waals surface area contributed by atoms with Gasteiger partial charge in [-0.15, -0.1) is 0 Å². The van der Waals surface area contributed by atoms with Crippen LogP contribution in [-0.4, -0.2) is 23.0 Å². The number of hydrogen-bond acceptors (Lipinski definition) is 5. The number of carbonyl (C=O) groups excluding carboxylic acids is 1. The summed E-state index contributed by atoms with van der Waals surface area (Å²) in [5, 5.41) is 6.19. The van der Waals surface area contributed by atoms with Gasteiger partial charge in [-0.05, 0) is 47.4 Å². The van der Waals surface area contributed by atoms with Crippen LogP contribution in [0.3, 0.4) is 0 Å². The quantitative estimate of drug-likeness (QED) is 0.636. The Balaban J connectivity index is 1.70. The van der Waals surface area contributed by atoms with Crippen molar-refractivity contribution in [1.82, 2.24) is 9.97 Å². The molecule has 0 aliphatic heterocycles. The molecule has 2 N–H and O–H groups in total. The predicted octanol–water partition coefficient (Wildman–Crippen LogP) is 4.47. The van der Waals surface area contributed by atoms with Crippen LogP contribution >= 0.6 is 0 Å². The molecule has 28 heavy (non-hydrogen) atoms. The molecule has 3 rings (SSSR count). The van der Waals surface area contributed by atoms with E-state index in [9.17, 15) is 4.79 Å². The summed E-state index contributed by atoms with van der Waals surface area (Å²) in [6, 6.07) is 15.0. The van der Waals surface area contributed by atoms with Crippen LogP contribution < -0.4 is 15.4 Å². The number of nitrogens with one attached hydrogen (secondary N) is 2. The van der Waals surface area contributed by atoms with Gasteiger partial charge in [0.1, 0.15) is 5.82 Å². The number of aromatic nitrogens is 2. The van der Waals surface area contributed by atoms with Crippen LogP contribution in [0.25, 0.3) is 0 Å². The smallest absolute Gasteiger partial charge is 0.255 e. The minimum Gasteiger partial charge on any atom is -0.481 e. The standard InChI is InChI=1S/C22H24N4O2/c1-15(2)17-6-8-18(9-7-17)22(27)26-19-5-4-11-24-21(19)25-14-16-10-12-23-20(13-16)28-3/h4-13,15H,14H2,1-3H3,(H,24,25)(H,26,27). The summed E-state index contributed by atoms with van der Waals surface area (Å²) in [4.78, 5) is 21.1. The van der Waals surface area contributed by atoms with Crippen LogP contribution in [0.15, 0.2) is 60.9 Å². The van der Waals surface area contributed by atoms with Gasteiger partial charge in [0.05, 0.1) is 12.8 Å². The van der Waals surface area contributed by atoms with Gasteiger partial charge in [0, 0.05) is 30.6 Å². The van der Waals surface area contributed by atoms with Crippen LogP contribution in [-0.2, 0) is 6.54 Å². The molecule has 2 heterocycles. The number of pyridine rings is 2. The van der Waals surface area contributed by atoms with Crippen LogP contribution in [0.2, 0.25) is 0 Å². The van der Waals surface area contributed by atoms with Crippen LogP contribution in [0.4, 0.5) is 11.5 Å². The van der Waals surface area contributed by atoms with Crippen molar-refractivity contribution in [3.63, 3.8) is 0 Å². The summed E-state index contributed by atoms with van der Waals surface area (Å²) in [5.41, 5.74) is 3.44. The molecule has 0 atom stereocenters. The topological polar surface area (TPSA) is 76.1 Å². The molecule has 0 aliphatic rings. The van der Waals surface area contributed by atoms with Crippen LogP contribution in [0.5, 0.6) is 5.88 Å². The number of rotatable bonds is 7. The summed E-state index contributed by atoms with van der Waals surface area (Å²) in [7, 11) is 1.58. The molecular formula is C22H24N4O2. The number of carbonyl (C=O) groups is 1. The Labute approximate surface area is 165 Å². The van der Waals surface area contributed by atoms with E-state index in [1.807, 2.05) is 42.5 Å². The van der Waals surface area contributed by atoms with E-state index in [0.29, 0.717) is 35.4 Å². The number of hydrogen-bond donors (Lipinski definition) is 2. The zero-order chi connectivity index (χ0) is 19.9. The Hall–Kier alpha value is -3.41. The van der Waals surface area contributed by atoms with E-state index >= 15 is 0 Å². The molecule has 3 aromatic rings. The van der Waals surface area contributed by atoms with Gasteiger partial charge in [0.2, 0.25) is 5.88 Å². The lowest BCUT2D eigenvalue weighted by Gasteiger charge is -2.13. The monoisotopic (exact) mass is 376 g/mol. The van der Waals surface area contributed by atoms with E-state index in [1.54, 1.807) is 25.6 Å². The molecule has 0 aliphatic carbocycles. The molecule has 2 aromatic heterocycles. The molecule has 6 heteroatoms. The molecule has 0 radical (unpaired) electrons. The van der Waals surface area contributed by atoms with E-state index in [4.69, 9.17) is 4.74 Å². The van der Waals surface area contributed by atoms with Gasteiger partial charge in [-0.1, -0.05) is 26.0 Å². The Bertz CT molecular complexity index is 939. The van der Waals surface area contributed by atoms with Gasteiger partial charge in [-0.3, -0.25) is 4.79 Å². The van der Waals surface area contributed by atoms with Crippen molar-refractivity contribution in [1.29, 1.82) is 0 Å². The predicted molar refractivity (Wildman–Crippen MR) is 111 cm³/mol. The van der Waals surface area contributed by atoms with E-state index in [1.165, 1.54) is 5.56 Å². The molecular weight excluding hydrogens is 352 g/mol. The third kappa shape index (κ3) is 4.85. The van der Waals surface area contributed by atoms with Crippen molar-refractivity contribution < 1.29 is 9.53 Å². The number of ether oxygens (including phenoxy) is 1. The molecule has 144 valence electrons. The van der Waals surface area contributed by atoms with Crippen molar-refractivity contribution in [2.45, 2.75) is 26.3 Å². The maximum Gasteiger partial charge on any atom is 0.255 e. The van der Waals surface area contributed by atoms with Gasteiger partial charge in [0.25, 0.3) is 5.91 Å². The molecule has 0 fully saturated rings. The van der Waals surface area contributed by atoms with E-state index in [2.05, 4.69) is 34.4 Å². The Kier molecular flexibility index (Phi) is 6.22. The van der Waals surface area contributed by atoms with E-state index in [-0.39, 0.29) is 5.91 Å². The first-order valence-electron chi connectivity index (χ1n) is 9.16. The van der Waals surface area contributed by atoms with Crippen molar-refractivity contribution in [2.24, 2.45) is 0 Å². The average Bonchev–Trinajstić information content (AvgIpc) is 2.73. The van der Waals surface area contributed by atoms with Gasteiger partial charge in [-0.25, -0.2) is 9.97 Å². The average molecular weight is 376 g/mol. The Morgan fingerprint density at radius 2 is 1.86 bits per heavy atom. The zero-order valence-corrected chi connectivity index (χ0v) is 16.3. The molecule has 0 saturated carbocycles. The van der Waals surface area contributed by atoms with Crippen LogP contribution in [0.1, 0.15) is 41.3 Å². The second kappa shape index (κ2) is 8.99. The SMILES string of the molecule is COc1cc(CNc2ncccc2NC(=O)c2ccc(C(C)C)cc2)ccn1. The fraction of sp³-hybridized carbons (Fsp3) is 0.227. The highest BCUT2D eigenvalue weighted by atomic mass is 16.5. The number of methoxy groups -OCH3 is 1. The highest BCUT2D eigenvalue weighted by Gasteiger charge is 2.11. The number of amides is 1.